The van der Waals surface area contributed by atoms with Gasteiger partial charge >= 0.3 is 0 Å². The number of benzene rings is 2. The van der Waals surface area contributed by atoms with E-state index in [1.54, 1.807) is 25.4 Å². The van der Waals surface area contributed by atoms with Crippen LogP contribution in [0.1, 0.15) is 16.1 Å². The number of fused-ring (bicyclic) bond motifs is 1. The molecular weight excluding hydrogens is 454 g/mol. The first kappa shape index (κ1) is 23.8. The van der Waals surface area contributed by atoms with E-state index in [2.05, 4.69) is 55.4 Å². The van der Waals surface area contributed by atoms with Gasteiger partial charge in [-0.1, -0.05) is 12.1 Å². The summed E-state index contributed by atoms with van der Waals surface area (Å²) in [6, 6.07) is 20.1. The lowest BCUT2D eigenvalue weighted by molar-refractivity contribution is 0.0384. The summed E-state index contributed by atoms with van der Waals surface area (Å²) in [5, 5.41) is 7.16. The first-order valence-electron chi connectivity index (χ1n) is 12.2. The van der Waals surface area contributed by atoms with Crippen LogP contribution in [-0.4, -0.2) is 60.3 Å². The monoisotopic (exact) mass is 485 g/mol. The van der Waals surface area contributed by atoms with Crippen LogP contribution in [0.5, 0.6) is 11.5 Å². The van der Waals surface area contributed by atoms with Crippen LogP contribution in [0.3, 0.4) is 0 Å². The summed E-state index contributed by atoms with van der Waals surface area (Å²) in [7, 11) is 3.62. The molecule has 0 unspecified atom stereocenters. The normalized spacial score (nSPS) is 14.1. The SMILES string of the molecule is CNC(=O)c1cc(Oc2ccc3c(c2)cc(Nc2ccc(CCN4CCOCC4)cc2)n3C)ccn1. The molecular formula is C28H31N5O3. The predicted octanol–water partition coefficient (Wildman–Crippen LogP) is 4.34. The Kier molecular flexibility index (Phi) is 7.16. The van der Waals surface area contributed by atoms with E-state index >= 15 is 0 Å². The van der Waals surface area contributed by atoms with Crippen molar-refractivity contribution in [2.75, 3.05) is 45.2 Å². The van der Waals surface area contributed by atoms with Crippen LogP contribution in [0.4, 0.5) is 11.5 Å². The number of anilines is 2. The van der Waals surface area contributed by atoms with Gasteiger partial charge in [-0.3, -0.25) is 14.7 Å². The lowest BCUT2D eigenvalue weighted by atomic mass is 10.1. The van der Waals surface area contributed by atoms with Crippen LogP contribution < -0.4 is 15.4 Å². The quantitative estimate of drug-likeness (QED) is 0.386. The topological polar surface area (TPSA) is 80.6 Å². The lowest BCUT2D eigenvalue weighted by Gasteiger charge is -2.26. The summed E-state index contributed by atoms with van der Waals surface area (Å²) in [4.78, 5) is 18.4. The number of carbonyl (C=O) groups excluding carboxylic acids is 1. The van der Waals surface area contributed by atoms with Gasteiger partial charge in [-0.2, -0.15) is 0 Å². The number of aryl methyl sites for hydroxylation is 1. The Bertz CT molecular complexity index is 1340. The number of nitrogens with one attached hydrogen (secondary N) is 2. The number of amides is 1. The maximum atomic E-state index is 11.9. The van der Waals surface area contributed by atoms with Crippen molar-refractivity contribution in [2.45, 2.75) is 6.42 Å². The number of hydrogen-bond acceptors (Lipinski definition) is 6. The molecule has 8 heteroatoms. The summed E-state index contributed by atoms with van der Waals surface area (Å²) in [5.41, 5.74) is 3.79. The van der Waals surface area contributed by atoms with Crippen LogP contribution in [-0.2, 0) is 18.2 Å². The van der Waals surface area contributed by atoms with Crippen molar-refractivity contribution in [2.24, 2.45) is 7.05 Å². The first-order chi connectivity index (χ1) is 17.6. The number of rotatable bonds is 8. The molecule has 5 rings (SSSR count). The number of pyridine rings is 1. The molecule has 1 saturated heterocycles. The summed E-state index contributed by atoms with van der Waals surface area (Å²) < 4.78 is 13.6. The van der Waals surface area contributed by atoms with Crippen LogP contribution in [0.25, 0.3) is 10.9 Å². The molecule has 1 aliphatic heterocycles. The van der Waals surface area contributed by atoms with Gasteiger partial charge in [0, 0.05) is 62.6 Å². The minimum absolute atomic E-state index is 0.250. The summed E-state index contributed by atoms with van der Waals surface area (Å²) in [5.74, 6) is 2.00. The molecule has 1 aliphatic rings. The van der Waals surface area contributed by atoms with Crippen LogP contribution in [0, 0.1) is 0 Å². The van der Waals surface area contributed by atoms with Crippen LogP contribution >= 0.6 is 0 Å². The highest BCUT2D eigenvalue weighted by Gasteiger charge is 2.11. The zero-order valence-corrected chi connectivity index (χ0v) is 20.7. The molecule has 0 spiro atoms. The molecule has 0 atom stereocenters. The molecule has 2 aromatic carbocycles. The molecule has 2 aromatic heterocycles. The van der Waals surface area contributed by atoms with Crippen molar-refractivity contribution in [3.05, 3.63) is 78.1 Å². The Morgan fingerprint density at radius 2 is 1.81 bits per heavy atom. The van der Waals surface area contributed by atoms with Gasteiger partial charge in [-0.25, -0.2) is 0 Å². The van der Waals surface area contributed by atoms with Crippen molar-refractivity contribution < 1.29 is 14.3 Å². The fraction of sp³-hybridized carbons (Fsp3) is 0.286. The molecule has 4 aromatic rings. The number of morpholine rings is 1. The number of carbonyl (C=O) groups is 1. The van der Waals surface area contributed by atoms with E-state index in [4.69, 9.17) is 9.47 Å². The largest absolute Gasteiger partial charge is 0.457 e. The van der Waals surface area contributed by atoms with Crippen molar-refractivity contribution >= 4 is 28.3 Å². The Hall–Kier alpha value is -3.88. The van der Waals surface area contributed by atoms with Crippen LogP contribution in [0.15, 0.2) is 66.9 Å². The summed E-state index contributed by atoms with van der Waals surface area (Å²) in [6.07, 6.45) is 2.61. The minimum Gasteiger partial charge on any atom is -0.457 e. The average Bonchev–Trinajstić information content (AvgIpc) is 3.22. The Morgan fingerprint density at radius 1 is 1.03 bits per heavy atom. The minimum atomic E-state index is -0.250. The number of nitrogens with zero attached hydrogens (tertiary/aromatic N) is 3. The van der Waals surface area contributed by atoms with Crippen molar-refractivity contribution in [3.63, 3.8) is 0 Å². The van der Waals surface area contributed by atoms with Crippen molar-refractivity contribution in [1.82, 2.24) is 19.8 Å². The second-order valence-electron chi connectivity index (χ2n) is 8.89. The fourth-order valence-electron chi connectivity index (χ4n) is 4.39. The summed E-state index contributed by atoms with van der Waals surface area (Å²) >= 11 is 0. The zero-order valence-electron chi connectivity index (χ0n) is 20.7. The highest BCUT2D eigenvalue weighted by molar-refractivity contribution is 5.92. The van der Waals surface area contributed by atoms with E-state index in [-0.39, 0.29) is 5.91 Å². The predicted molar refractivity (Wildman–Crippen MR) is 141 cm³/mol. The van der Waals surface area contributed by atoms with E-state index in [0.29, 0.717) is 17.2 Å². The van der Waals surface area contributed by atoms with Gasteiger partial charge in [0.25, 0.3) is 5.91 Å². The van der Waals surface area contributed by atoms with Gasteiger partial charge in [-0.05, 0) is 54.4 Å². The summed E-state index contributed by atoms with van der Waals surface area (Å²) in [6.45, 7) is 4.78. The van der Waals surface area contributed by atoms with E-state index in [0.717, 1.165) is 61.7 Å². The smallest absolute Gasteiger partial charge is 0.269 e. The molecule has 2 N–H and O–H groups in total. The van der Waals surface area contributed by atoms with E-state index < -0.39 is 0 Å². The van der Waals surface area contributed by atoms with E-state index in [1.807, 2.05) is 25.2 Å². The van der Waals surface area contributed by atoms with Gasteiger partial charge in [0.05, 0.1) is 13.2 Å². The van der Waals surface area contributed by atoms with Crippen molar-refractivity contribution in [3.8, 4) is 11.5 Å². The Balaban J connectivity index is 1.25. The molecule has 0 bridgehead atoms. The molecule has 1 amide bonds. The van der Waals surface area contributed by atoms with E-state index in [9.17, 15) is 4.79 Å². The third kappa shape index (κ3) is 5.50. The Labute approximate surface area is 210 Å². The third-order valence-electron chi connectivity index (χ3n) is 6.49. The van der Waals surface area contributed by atoms with Crippen LogP contribution in [0.2, 0.25) is 0 Å². The zero-order chi connectivity index (χ0) is 24.9. The molecule has 1 fully saturated rings. The molecule has 3 heterocycles. The third-order valence-corrected chi connectivity index (χ3v) is 6.49. The second kappa shape index (κ2) is 10.8. The maximum absolute atomic E-state index is 11.9. The Morgan fingerprint density at radius 3 is 2.58 bits per heavy atom. The number of hydrogen-bond donors (Lipinski definition) is 2. The number of ether oxygens (including phenoxy) is 2. The number of aromatic nitrogens is 2. The molecule has 36 heavy (non-hydrogen) atoms. The standard InChI is InChI=1S/C28H31N5O3/c1-29-28(34)25-19-24(9-11-30-25)36-23-7-8-26-21(17-23)18-27(32(26)2)31-22-5-3-20(4-6-22)10-12-33-13-15-35-16-14-33/h3-9,11,17-19,31H,10,12-16H2,1-2H3,(H,29,34). The average molecular weight is 486 g/mol. The van der Waals surface area contributed by atoms with Gasteiger partial charge in [-0.15, -0.1) is 0 Å². The van der Waals surface area contributed by atoms with Gasteiger partial charge in [0.15, 0.2) is 0 Å². The molecule has 0 radical (unpaired) electrons. The molecule has 0 aliphatic carbocycles. The highest BCUT2D eigenvalue weighted by Crippen LogP contribution is 2.30. The molecule has 0 saturated carbocycles. The fourth-order valence-corrected chi connectivity index (χ4v) is 4.39. The first-order valence-corrected chi connectivity index (χ1v) is 12.2. The maximum Gasteiger partial charge on any atom is 0.269 e. The van der Waals surface area contributed by atoms with Gasteiger partial charge in [0.1, 0.15) is 23.0 Å². The lowest BCUT2D eigenvalue weighted by Crippen LogP contribution is -2.37. The molecule has 186 valence electrons. The van der Waals surface area contributed by atoms with Crippen molar-refractivity contribution in [1.29, 1.82) is 0 Å². The highest BCUT2D eigenvalue weighted by atomic mass is 16.5. The van der Waals surface area contributed by atoms with Gasteiger partial charge in [0.2, 0.25) is 0 Å². The van der Waals surface area contributed by atoms with E-state index in [1.165, 1.54) is 5.56 Å². The second-order valence-corrected chi connectivity index (χ2v) is 8.89. The molecule has 8 nitrogen and oxygen atoms in total. The van der Waals surface area contributed by atoms with Gasteiger partial charge < -0.3 is 24.7 Å².